The molecule has 0 radical (unpaired) electrons. The first-order valence-electron chi connectivity index (χ1n) is 10.4. The minimum atomic E-state index is -3.40. The van der Waals surface area contributed by atoms with Crippen molar-refractivity contribution < 1.29 is 18.0 Å². The molecule has 1 aliphatic carbocycles. The zero-order valence-corrected chi connectivity index (χ0v) is 19.0. The van der Waals surface area contributed by atoms with Crippen molar-refractivity contribution in [1.29, 1.82) is 0 Å². The summed E-state index contributed by atoms with van der Waals surface area (Å²) in [7, 11) is -3.40. The number of hydrogen-bond acceptors (Lipinski definition) is 4. The van der Waals surface area contributed by atoms with Gasteiger partial charge in [-0.25, -0.2) is 8.42 Å². The number of carbonyl (C=O) groups excluding carboxylic acids is 2. The number of nitrogens with one attached hydrogen (secondary N) is 1. The monoisotopic (exact) mass is 443 g/mol. The van der Waals surface area contributed by atoms with Gasteiger partial charge >= 0.3 is 0 Å². The maximum Gasteiger partial charge on any atom is 0.232 e. The van der Waals surface area contributed by atoms with E-state index in [9.17, 15) is 18.0 Å². The van der Waals surface area contributed by atoms with Gasteiger partial charge in [-0.1, -0.05) is 25.3 Å². The van der Waals surface area contributed by atoms with Crippen LogP contribution in [0.4, 0.5) is 5.69 Å². The third-order valence-electron chi connectivity index (χ3n) is 5.49. The van der Waals surface area contributed by atoms with E-state index < -0.39 is 10.0 Å². The molecule has 0 bridgehead atoms. The van der Waals surface area contributed by atoms with Crippen LogP contribution in [0.2, 0.25) is 0 Å². The minimum absolute atomic E-state index is 0.0207. The molecule has 31 heavy (non-hydrogen) atoms. The fourth-order valence-corrected chi connectivity index (χ4v) is 4.32. The molecule has 1 aliphatic heterocycles. The normalized spacial score (nSPS) is 20.7. The number of allylic oxidation sites excluding steroid dienone is 2. The van der Waals surface area contributed by atoms with Gasteiger partial charge in [0.1, 0.15) is 0 Å². The lowest BCUT2D eigenvalue weighted by Crippen LogP contribution is -2.52. The lowest BCUT2D eigenvalue weighted by atomic mass is 10.0. The molecule has 1 unspecified atom stereocenters. The largest absolute Gasteiger partial charge is 0.308 e. The number of piperazine rings is 1. The van der Waals surface area contributed by atoms with E-state index in [1.807, 2.05) is 13.0 Å². The fourth-order valence-electron chi connectivity index (χ4n) is 3.69. The van der Waals surface area contributed by atoms with Crippen molar-refractivity contribution in [1.82, 2.24) is 9.80 Å². The fraction of sp³-hybridized carbons (Fsp3) is 0.391. The molecular weight excluding hydrogens is 414 g/mol. The molecule has 1 atom stereocenters. The minimum Gasteiger partial charge on any atom is -0.308 e. The lowest BCUT2D eigenvalue weighted by molar-refractivity contribution is -0.136. The van der Waals surface area contributed by atoms with E-state index in [0.717, 1.165) is 12.8 Å². The van der Waals surface area contributed by atoms with Crippen molar-refractivity contribution >= 4 is 33.1 Å². The molecule has 8 heteroatoms. The van der Waals surface area contributed by atoms with Crippen molar-refractivity contribution in [3.63, 3.8) is 0 Å². The van der Waals surface area contributed by atoms with Gasteiger partial charge in [0.05, 0.1) is 23.2 Å². The first-order chi connectivity index (χ1) is 14.5. The van der Waals surface area contributed by atoms with Crippen molar-refractivity contribution in [3.8, 4) is 0 Å². The van der Waals surface area contributed by atoms with Crippen LogP contribution in [0.15, 0.2) is 54.9 Å². The molecule has 2 fully saturated rings. The van der Waals surface area contributed by atoms with Crippen LogP contribution >= 0.6 is 0 Å². The number of sulfonamides is 1. The van der Waals surface area contributed by atoms with Crippen molar-refractivity contribution in [2.45, 2.75) is 39.7 Å². The predicted molar refractivity (Wildman–Crippen MR) is 122 cm³/mol. The third kappa shape index (κ3) is 5.07. The summed E-state index contributed by atoms with van der Waals surface area (Å²) in [6.45, 7) is 13.6. The Morgan fingerprint density at radius 1 is 1.29 bits per heavy atom. The van der Waals surface area contributed by atoms with Crippen molar-refractivity contribution in [2.75, 3.05) is 17.0 Å². The zero-order valence-electron chi connectivity index (χ0n) is 18.2. The Balaban J connectivity index is 1.95. The van der Waals surface area contributed by atoms with E-state index in [4.69, 9.17) is 0 Å². The summed E-state index contributed by atoms with van der Waals surface area (Å²) < 4.78 is 26.3. The summed E-state index contributed by atoms with van der Waals surface area (Å²) in [6, 6.07) is 6.73. The molecule has 1 saturated heterocycles. The number of carbonyl (C=O) groups is 2. The van der Waals surface area contributed by atoms with Gasteiger partial charge in [-0.2, -0.15) is 0 Å². The molecule has 2 aliphatic rings. The number of benzene rings is 1. The van der Waals surface area contributed by atoms with E-state index in [0.29, 0.717) is 34.8 Å². The standard InChI is InChI=1S/C23H29N3O4S/c1-6-31(29,30)24-21-9-7-8-20(13-21)15(2)12-22-17(4)26(18(5)27)16(3)14-25(22)23(28)19-10-11-19/h7-9,12-13,16,19,24H,2,4,6,10-11,14H2,1,3,5H3/b22-12+. The molecule has 1 saturated carbocycles. The molecule has 1 aromatic carbocycles. The first-order valence-corrected chi connectivity index (χ1v) is 12.0. The average molecular weight is 444 g/mol. The zero-order chi connectivity index (χ0) is 22.9. The highest BCUT2D eigenvalue weighted by Crippen LogP contribution is 2.37. The van der Waals surface area contributed by atoms with Gasteiger partial charge < -0.3 is 9.80 Å². The second kappa shape index (κ2) is 8.70. The molecule has 0 aromatic heterocycles. The molecule has 3 rings (SSSR count). The highest BCUT2D eigenvalue weighted by atomic mass is 32.2. The van der Waals surface area contributed by atoms with Gasteiger partial charge in [0.25, 0.3) is 0 Å². The topological polar surface area (TPSA) is 86.8 Å². The molecule has 7 nitrogen and oxygen atoms in total. The van der Waals surface area contributed by atoms with Crippen molar-refractivity contribution in [2.24, 2.45) is 5.92 Å². The van der Waals surface area contributed by atoms with Crippen LogP contribution in [-0.4, -0.2) is 48.4 Å². The van der Waals surface area contributed by atoms with E-state index in [-0.39, 0.29) is 29.5 Å². The third-order valence-corrected chi connectivity index (χ3v) is 6.80. The summed E-state index contributed by atoms with van der Waals surface area (Å²) >= 11 is 0. The molecule has 1 N–H and O–H groups in total. The Bertz CT molecular complexity index is 1070. The Labute approximate surface area is 184 Å². The van der Waals surface area contributed by atoms with Crippen LogP contribution in [0, 0.1) is 5.92 Å². The van der Waals surface area contributed by atoms with Gasteiger partial charge in [0.2, 0.25) is 21.8 Å². The average Bonchev–Trinajstić information content (AvgIpc) is 3.54. The van der Waals surface area contributed by atoms with E-state index in [1.165, 1.54) is 6.92 Å². The molecular formula is C23H29N3O4S. The van der Waals surface area contributed by atoms with E-state index in [1.54, 1.807) is 41.0 Å². The molecule has 0 spiro atoms. The maximum atomic E-state index is 12.9. The van der Waals surface area contributed by atoms with E-state index >= 15 is 0 Å². The Morgan fingerprint density at radius 3 is 2.55 bits per heavy atom. The molecule has 2 amide bonds. The van der Waals surface area contributed by atoms with Crippen LogP contribution < -0.4 is 4.72 Å². The highest BCUT2D eigenvalue weighted by Gasteiger charge is 2.40. The Hall–Kier alpha value is -2.87. The van der Waals surface area contributed by atoms with E-state index in [2.05, 4.69) is 17.9 Å². The van der Waals surface area contributed by atoms with Crippen LogP contribution in [0.1, 0.15) is 39.2 Å². The first kappa shape index (κ1) is 22.8. The SMILES string of the molecule is C=C(/C=C1\C(=C)N(C(C)=O)C(C)CN1C(=O)C1CC1)c1cccc(NS(=O)(=O)CC)c1. The van der Waals surface area contributed by atoms with Crippen molar-refractivity contribution in [3.05, 3.63) is 60.5 Å². The van der Waals surface area contributed by atoms with Crippen LogP contribution in [0.25, 0.3) is 5.57 Å². The van der Waals surface area contributed by atoms with Gasteiger partial charge in [-0.15, -0.1) is 0 Å². The predicted octanol–water partition coefficient (Wildman–Crippen LogP) is 3.35. The van der Waals surface area contributed by atoms with Gasteiger partial charge in [0.15, 0.2) is 0 Å². The molecule has 166 valence electrons. The highest BCUT2D eigenvalue weighted by molar-refractivity contribution is 7.92. The molecule has 1 aromatic rings. The number of rotatable bonds is 6. The maximum absolute atomic E-state index is 12.9. The van der Waals surface area contributed by atoms with Crippen LogP contribution in [0.5, 0.6) is 0 Å². The molecule has 1 heterocycles. The smallest absolute Gasteiger partial charge is 0.232 e. The van der Waals surface area contributed by atoms with Gasteiger partial charge in [0, 0.05) is 25.1 Å². The Kier molecular flexibility index (Phi) is 6.40. The number of amides is 2. The summed E-state index contributed by atoms with van der Waals surface area (Å²) in [5.41, 5.74) is 2.73. The van der Waals surface area contributed by atoms with Crippen LogP contribution in [-0.2, 0) is 19.6 Å². The number of hydrogen-bond donors (Lipinski definition) is 1. The number of anilines is 1. The summed E-state index contributed by atoms with van der Waals surface area (Å²) in [4.78, 5) is 28.4. The quantitative estimate of drug-likeness (QED) is 0.731. The Morgan fingerprint density at radius 2 is 1.97 bits per heavy atom. The summed E-state index contributed by atoms with van der Waals surface area (Å²) in [6.07, 6.45) is 3.50. The van der Waals surface area contributed by atoms with Gasteiger partial charge in [-0.05, 0) is 56.0 Å². The summed E-state index contributed by atoms with van der Waals surface area (Å²) in [5, 5.41) is 0. The lowest BCUT2D eigenvalue weighted by Gasteiger charge is -2.42. The summed E-state index contributed by atoms with van der Waals surface area (Å²) in [5.74, 6) is -0.102. The second-order valence-corrected chi connectivity index (χ2v) is 10.1. The van der Waals surface area contributed by atoms with Crippen LogP contribution in [0.3, 0.4) is 0 Å². The van der Waals surface area contributed by atoms with Gasteiger partial charge in [-0.3, -0.25) is 14.3 Å². The number of nitrogens with zero attached hydrogens (tertiary/aromatic N) is 2. The second-order valence-electron chi connectivity index (χ2n) is 8.05.